The zero-order valence-corrected chi connectivity index (χ0v) is 19.9. The first-order valence-corrected chi connectivity index (χ1v) is 12.1. The summed E-state index contributed by atoms with van der Waals surface area (Å²) in [5, 5.41) is 0. The van der Waals surface area contributed by atoms with Crippen LogP contribution in [0.1, 0.15) is 65.6 Å². The van der Waals surface area contributed by atoms with Crippen LogP contribution in [0.2, 0.25) is 0 Å². The molecule has 35 heavy (non-hydrogen) atoms. The predicted molar refractivity (Wildman–Crippen MR) is 130 cm³/mol. The van der Waals surface area contributed by atoms with Crippen LogP contribution in [0.3, 0.4) is 0 Å². The van der Waals surface area contributed by atoms with Gasteiger partial charge in [0.2, 0.25) is 5.78 Å². The average Bonchev–Trinajstić information content (AvgIpc) is 3.58. The number of esters is 1. The molecule has 0 bridgehead atoms. The number of ether oxygens (including phenoxy) is 1. The Morgan fingerprint density at radius 1 is 1.14 bits per heavy atom. The van der Waals surface area contributed by atoms with E-state index in [0.717, 1.165) is 31.2 Å². The lowest BCUT2D eigenvalue weighted by Gasteiger charge is -2.13. The molecule has 9 heteroatoms. The second kappa shape index (κ2) is 11.1. The Morgan fingerprint density at radius 3 is 2.69 bits per heavy atom. The van der Waals surface area contributed by atoms with E-state index in [2.05, 4.69) is 16.9 Å². The number of aromatic amines is 1. The molecule has 184 valence electrons. The second-order valence-corrected chi connectivity index (χ2v) is 8.74. The van der Waals surface area contributed by atoms with Gasteiger partial charge in [0.25, 0.3) is 11.5 Å². The van der Waals surface area contributed by atoms with Crippen molar-refractivity contribution in [3.63, 3.8) is 0 Å². The van der Waals surface area contributed by atoms with Gasteiger partial charge in [-0.2, -0.15) is 0 Å². The van der Waals surface area contributed by atoms with E-state index in [-0.39, 0.29) is 29.9 Å². The highest BCUT2D eigenvalue weighted by molar-refractivity contribution is 6.01. The summed E-state index contributed by atoms with van der Waals surface area (Å²) in [5.74, 6) is -1.12. The summed E-state index contributed by atoms with van der Waals surface area (Å²) in [6.07, 6.45) is 5.30. The van der Waals surface area contributed by atoms with Crippen LogP contribution in [0.25, 0.3) is 11.0 Å². The maximum Gasteiger partial charge on any atom is 0.306 e. The van der Waals surface area contributed by atoms with Gasteiger partial charge in [0.05, 0.1) is 17.5 Å². The molecule has 0 radical (unpaired) electrons. The van der Waals surface area contributed by atoms with E-state index in [9.17, 15) is 19.2 Å². The maximum absolute atomic E-state index is 13.0. The third-order valence-electron chi connectivity index (χ3n) is 6.21. The minimum Gasteiger partial charge on any atom is -0.457 e. The zero-order chi connectivity index (χ0) is 24.8. The quantitative estimate of drug-likeness (QED) is 0.354. The summed E-state index contributed by atoms with van der Waals surface area (Å²) in [6, 6.07) is 8.94. The van der Waals surface area contributed by atoms with Crippen LogP contribution in [0.15, 0.2) is 41.3 Å². The SMILES string of the molecule is CCCCn1c(=O)c(CCC(=O)OCC(=O)c2c[nH]c(C(=O)N3CCCC3)c2)nc2ccccc21. The van der Waals surface area contributed by atoms with Crippen LogP contribution in [-0.4, -0.2) is 56.8 Å². The molecule has 4 rings (SSSR count). The van der Waals surface area contributed by atoms with Crippen molar-refractivity contribution >= 4 is 28.7 Å². The summed E-state index contributed by atoms with van der Waals surface area (Å²) in [6.45, 7) is 3.65. The smallest absolute Gasteiger partial charge is 0.306 e. The van der Waals surface area contributed by atoms with E-state index in [1.807, 2.05) is 24.3 Å². The van der Waals surface area contributed by atoms with Crippen LogP contribution >= 0.6 is 0 Å². The molecular weight excluding hydrogens is 448 g/mol. The third-order valence-corrected chi connectivity index (χ3v) is 6.21. The number of ketones is 1. The standard InChI is InChI=1S/C26H30N4O5/c1-2-3-14-30-22-9-5-4-8-19(22)28-20(26(30)34)10-11-24(32)35-17-23(31)18-15-21(27-16-18)25(33)29-12-6-7-13-29/h4-5,8-9,15-16,27H,2-3,6-7,10-14,17H2,1H3. The van der Waals surface area contributed by atoms with Gasteiger partial charge in [0.1, 0.15) is 11.4 Å². The lowest BCUT2D eigenvalue weighted by molar-refractivity contribution is -0.142. The molecule has 2 aromatic heterocycles. The number of fused-ring (bicyclic) bond motifs is 1. The summed E-state index contributed by atoms with van der Waals surface area (Å²) in [4.78, 5) is 59.2. The van der Waals surface area contributed by atoms with Crippen molar-refractivity contribution in [3.8, 4) is 0 Å². The summed E-state index contributed by atoms with van der Waals surface area (Å²) in [7, 11) is 0. The number of aryl methyl sites for hydroxylation is 2. The fourth-order valence-corrected chi connectivity index (χ4v) is 4.24. The number of carbonyl (C=O) groups is 3. The van der Waals surface area contributed by atoms with Crippen molar-refractivity contribution in [1.29, 1.82) is 0 Å². The highest BCUT2D eigenvalue weighted by atomic mass is 16.5. The number of benzene rings is 1. The largest absolute Gasteiger partial charge is 0.457 e. The fourth-order valence-electron chi connectivity index (χ4n) is 4.24. The van der Waals surface area contributed by atoms with Gasteiger partial charge >= 0.3 is 5.97 Å². The Bertz CT molecular complexity index is 1290. The summed E-state index contributed by atoms with van der Waals surface area (Å²) < 4.78 is 6.85. The van der Waals surface area contributed by atoms with Crippen LogP contribution < -0.4 is 5.56 Å². The fraction of sp³-hybridized carbons (Fsp3) is 0.423. The number of para-hydroxylation sites is 2. The molecule has 0 unspecified atom stereocenters. The number of H-pyrrole nitrogens is 1. The van der Waals surface area contributed by atoms with Gasteiger partial charge in [0.15, 0.2) is 6.61 Å². The van der Waals surface area contributed by atoms with Crippen molar-refractivity contribution in [2.45, 2.75) is 52.0 Å². The van der Waals surface area contributed by atoms with E-state index < -0.39 is 18.4 Å². The number of nitrogens with zero attached hydrogens (tertiary/aromatic N) is 3. The lowest BCUT2D eigenvalue weighted by atomic mass is 10.2. The number of aromatic nitrogens is 3. The number of rotatable bonds is 10. The minimum atomic E-state index is -0.586. The van der Waals surface area contributed by atoms with E-state index in [1.54, 1.807) is 9.47 Å². The molecule has 3 heterocycles. The molecular formula is C26H30N4O5. The van der Waals surface area contributed by atoms with Crippen molar-refractivity contribution in [2.75, 3.05) is 19.7 Å². The summed E-state index contributed by atoms with van der Waals surface area (Å²) >= 11 is 0. The summed E-state index contributed by atoms with van der Waals surface area (Å²) in [5.41, 5.74) is 2.21. The zero-order valence-electron chi connectivity index (χ0n) is 19.9. The molecule has 1 aromatic carbocycles. The van der Waals surface area contributed by atoms with E-state index >= 15 is 0 Å². The monoisotopic (exact) mass is 478 g/mol. The van der Waals surface area contributed by atoms with Crippen molar-refractivity contribution in [1.82, 2.24) is 19.4 Å². The third kappa shape index (κ3) is 5.67. The van der Waals surface area contributed by atoms with Gasteiger partial charge in [-0.15, -0.1) is 0 Å². The molecule has 1 saturated heterocycles. The highest BCUT2D eigenvalue weighted by Gasteiger charge is 2.22. The maximum atomic E-state index is 13.0. The van der Waals surface area contributed by atoms with Crippen LogP contribution in [-0.2, 0) is 22.5 Å². The number of nitrogens with one attached hydrogen (secondary N) is 1. The van der Waals surface area contributed by atoms with Gasteiger partial charge in [-0.05, 0) is 37.5 Å². The number of Topliss-reactive ketones (excluding diaryl/α,β-unsaturated/α-hetero) is 1. The number of amides is 1. The van der Waals surface area contributed by atoms with Crippen molar-refractivity contribution in [2.24, 2.45) is 0 Å². The normalized spacial score (nSPS) is 13.3. The average molecular weight is 479 g/mol. The van der Waals surface area contributed by atoms with E-state index in [4.69, 9.17) is 4.74 Å². The Labute approximate surface area is 203 Å². The van der Waals surface area contributed by atoms with Gasteiger partial charge in [-0.3, -0.25) is 19.2 Å². The highest BCUT2D eigenvalue weighted by Crippen LogP contribution is 2.14. The Morgan fingerprint density at radius 2 is 1.91 bits per heavy atom. The Hall–Kier alpha value is -3.75. The van der Waals surface area contributed by atoms with Gasteiger partial charge in [-0.1, -0.05) is 25.5 Å². The topological polar surface area (TPSA) is 114 Å². The molecule has 0 spiro atoms. The molecule has 9 nitrogen and oxygen atoms in total. The number of hydrogen-bond donors (Lipinski definition) is 1. The predicted octanol–water partition coefficient (Wildman–Crippen LogP) is 3.12. The Balaban J connectivity index is 1.34. The number of unbranched alkanes of at least 4 members (excludes halogenated alkanes) is 1. The van der Waals surface area contributed by atoms with Gasteiger partial charge < -0.3 is 19.2 Å². The molecule has 1 aliphatic heterocycles. The molecule has 0 saturated carbocycles. The van der Waals surface area contributed by atoms with Gasteiger partial charge in [0, 0.05) is 37.8 Å². The van der Waals surface area contributed by atoms with Crippen LogP contribution in [0.5, 0.6) is 0 Å². The molecule has 1 N–H and O–H groups in total. The number of hydrogen-bond acceptors (Lipinski definition) is 6. The minimum absolute atomic E-state index is 0.0620. The van der Waals surface area contributed by atoms with Gasteiger partial charge in [-0.25, -0.2) is 4.98 Å². The first-order chi connectivity index (χ1) is 17.0. The Kier molecular flexibility index (Phi) is 7.74. The molecule has 0 aliphatic carbocycles. The first kappa shape index (κ1) is 24.4. The molecule has 0 atom stereocenters. The molecule has 1 aliphatic rings. The lowest BCUT2D eigenvalue weighted by Crippen LogP contribution is -2.27. The van der Waals surface area contributed by atoms with Crippen LogP contribution in [0.4, 0.5) is 0 Å². The molecule has 3 aromatic rings. The van der Waals surface area contributed by atoms with E-state index in [0.29, 0.717) is 36.5 Å². The molecule has 1 fully saturated rings. The number of carbonyl (C=O) groups excluding carboxylic acids is 3. The van der Waals surface area contributed by atoms with Crippen molar-refractivity contribution < 1.29 is 19.1 Å². The first-order valence-electron chi connectivity index (χ1n) is 12.1. The molecule has 1 amide bonds. The second-order valence-electron chi connectivity index (χ2n) is 8.74. The van der Waals surface area contributed by atoms with Crippen molar-refractivity contribution in [3.05, 3.63) is 63.8 Å². The number of likely N-dealkylation sites (tertiary alicyclic amines) is 1. The van der Waals surface area contributed by atoms with Crippen LogP contribution in [0, 0.1) is 0 Å². The van der Waals surface area contributed by atoms with E-state index in [1.165, 1.54) is 12.3 Å².